The zero-order chi connectivity index (χ0) is 14.1. The maximum absolute atomic E-state index is 3.61. The molecule has 0 saturated heterocycles. The number of para-hydroxylation sites is 1. The number of anilines is 1. The van der Waals surface area contributed by atoms with Crippen LogP contribution in [0.25, 0.3) is 0 Å². The van der Waals surface area contributed by atoms with Crippen molar-refractivity contribution in [3.8, 4) is 0 Å². The molecule has 0 spiro atoms. The van der Waals surface area contributed by atoms with Gasteiger partial charge in [0.2, 0.25) is 0 Å². The van der Waals surface area contributed by atoms with Crippen LogP contribution < -0.4 is 5.32 Å². The van der Waals surface area contributed by atoms with Crippen LogP contribution in [0.4, 0.5) is 5.69 Å². The maximum Gasteiger partial charge on any atom is 0.0373 e. The predicted octanol–water partition coefficient (Wildman–Crippen LogP) is 3.47. The summed E-state index contributed by atoms with van der Waals surface area (Å²) in [5, 5.41) is 3.61. The quantitative estimate of drug-likeness (QED) is 0.859. The van der Waals surface area contributed by atoms with E-state index >= 15 is 0 Å². The van der Waals surface area contributed by atoms with Gasteiger partial charge in [-0.25, -0.2) is 0 Å². The van der Waals surface area contributed by atoms with Gasteiger partial charge in [0.05, 0.1) is 0 Å². The molecule has 21 heavy (non-hydrogen) atoms. The van der Waals surface area contributed by atoms with Gasteiger partial charge in [-0.3, -0.25) is 4.90 Å². The van der Waals surface area contributed by atoms with E-state index in [1.165, 1.54) is 42.6 Å². The Hall–Kier alpha value is -1.80. The van der Waals surface area contributed by atoms with E-state index in [-0.39, 0.29) is 0 Å². The molecule has 0 saturated carbocycles. The van der Waals surface area contributed by atoms with Crippen molar-refractivity contribution < 1.29 is 0 Å². The van der Waals surface area contributed by atoms with Crippen molar-refractivity contribution >= 4 is 5.69 Å². The van der Waals surface area contributed by atoms with Gasteiger partial charge in [0.1, 0.15) is 0 Å². The molecular formula is C19H22N2. The minimum absolute atomic E-state index is 0.617. The fourth-order valence-corrected chi connectivity index (χ4v) is 3.72. The minimum atomic E-state index is 0.617. The second-order valence-corrected chi connectivity index (χ2v) is 6.24. The van der Waals surface area contributed by atoms with Crippen molar-refractivity contribution in [1.29, 1.82) is 0 Å². The second kappa shape index (κ2) is 5.53. The molecule has 108 valence electrons. The zero-order valence-electron chi connectivity index (χ0n) is 12.4. The number of aryl methyl sites for hydroxylation is 1. The van der Waals surface area contributed by atoms with Gasteiger partial charge in [-0.1, -0.05) is 42.5 Å². The summed E-state index contributed by atoms with van der Waals surface area (Å²) in [6, 6.07) is 18.3. The zero-order valence-corrected chi connectivity index (χ0v) is 12.4. The van der Waals surface area contributed by atoms with E-state index < -0.39 is 0 Å². The minimum Gasteiger partial charge on any atom is -0.383 e. The van der Waals surface area contributed by atoms with Crippen LogP contribution in [0, 0.1) is 0 Å². The molecule has 0 amide bonds. The number of fused-ring (bicyclic) bond motifs is 2. The summed E-state index contributed by atoms with van der Waals surface area (Å²) in [6.45, 7) is 3.38. The lowest BCUT2D eigenvalue weighted by Gasteiger charge is -2.35. The van der Waals surface area contributed by atoms with Crippen molar-refractivity contribution in [2.24, 2.45) is 0 Å². The first kappa shape index (κ1) is 12.9. The van der Waals surface area contributed by atoms with Gasteiger partial charge in [-0.15, -0.1) is 0 Å². The summed E-state index contributed by atoms with van der Waals surface area (Å²) in [5.41, 5.74) is 5.85. The Morgan fingerprint density at radius 3 is 2.57 bits per heavy atom. The fraction of sp³-hybridized carbons (Fsp3) is 0.368. The fourth-order valence-electron chi connectivity index (χ4n) is 3.72. The lowest BCUT2D eigenvalue weighted by Crippen LogP contribution is -2.43. The highest BCUT2D eigenvalue weighted by molar-refractivity contribution is 5.53. The number of benzene rings is 2. The van der Waals surface area contributed by atoms with Crippen LogP contribution >= 0.6 is 0 Å². The molecule has 2 heterocycles. The lowest BCUT2D eigenvalue weighted by atomic mass is 9.98. The normalized spacial score (nSPS) is 21.8. The van der Waals surface area contributed by atoms with E-state index in [1.807, 2.05) is 0 Å². The highest BCUT2D eigenvalue weighted by Crippen LogP contribution is 2.26. The van der Waals surface area contributed by atoms with Gasteiger partial charge in [0.25, 0.3) is 0 Å². The molecule has 2 aliphatic rings. The average Bonchev–Trinajstić information content (AvgIpc) is 2.76. The van der Waals surface area contributed by atoms with E-state index in [1.54, 1.807) is 5.56 Å². The second-order valence-electron chi connectivity index (χ2n) is 6.24. The smallest absolute Gasteiger partial charge is 0.0373 e. The molecule has 1 atom stereocenters. The van der Waals surface area contributed by atoms with Gasteiger partial charge < -0.3 is 5.32 Å². The molecule has 2 aromatic rings. The number of rotatable bonds is 1. The third-order valence-corrected chi connectivity index (χ3v) is 4.90. The number of nitrogens with one attached hydrogen (secondary N) is 1. The SMILES string of the molecule is c1ccc2c(c1)CCCN(C1CNc3ccccc3C1)C2. The molecule has 2 heteroatoms. The Labute approximate surface area is 126 Å². The Bertz CT molecular complexity index is 635. The van der Waals surface area contributed by atoms with Crippen molar-refractivity contribution in [1.82, 2.24) is 4.90 Å². The van der Waals surface area contributed by atoms with Gasteiger partial charge in [0.15, 0.2) is 0 Å². The Morgan fingerprint density at radius 1 is 0.905 bits per heavy atom. The van der Waals surface area contributed by atoms with E-state index in [2.05, 4.69) is 58.7 Å². The highest BCUT2D eigenvalue weighted by Gasteiger charge is 2.25. The summed E-state index contributed by atoms with van der Waals surface area (Å²) < 4.78 is 0. The molecule has 4 rings (SSSR count). The lowest BCUT2D eigenvalue weighted by molar-refractivity contribution is 0.194. The Balaban J connectivity index is 1.55. The van der Waals surface area contributed by atoms with Crippen molar-refractivity contribution in [2.45, 2.75) is 31.8 Å². The van der Waals surface area contributed by atoms with Crippen LogP contribution in [0.15, 0.2) is 48.5 Å². The highest BCUT2D eigenvalue weighted by atomic mass is 15.2. The Kier molecular flexibility index (Phi) is 3.40. The van der Waals surface area contributed by atoms with Crippen LogP contribution in [0.1, 0.15) is 23.1 Å². The summed E-state index contributed by atoms with van der Waals surface area (Å²) in [6.07, 6.45) is 3.67. The first-order chi connectivity index (χ1) is 10.4. The number of hydrogen-bond donors (Lipinski definition) is 1. The monoisotopic (exact) mass is 278 g/mol. The van der Waals surface area contributed by atoms with Gasteiger partial charge in [-0.05, 0) is 48.6 Å². The summed E-state index contributed by atoms with van der Waals surface area (Å²) in [7, 11) is 0. The largest absolute Gasteiger partial charge is 0.383 e. The van der Waals surface area contributed by atoms with Crippen LogP contribution in [0.5, 0.6) is 0 Å². The van der Waals surface area contributed by atoms with Crippen LogP contribution in [-0.4, -0.2) is 24.0 Å². The van der Waals surface area contributed by atoms with E-state index in [9.17, 15) is 0 Å². The molecule has 2 nitrogen and oxygen atoms in total. The average molecular weight is 278 g/mol. The van der Waals surface area contributed by atoms with Crippen molar-refractivity contribution in [3.63, 3.8) is 0 Å². The molecule has 1 unspecified atom stereocenters. The molecule has 0 aliphatic carbocycles. The van der Waals surface area contributed by atoms with Crippen molar-refractivity contribution in [3.05, 3.63) is 65.2 Å². The Morgan fingerprint density at radius 2 is 1.67 bits per heavy atom. The molecule has 2 aliphatic heterocycles. The standard InChI is InChI=1S/C19H22N2/c1-2-8-17-14-21(11-5-9-15(17)6-1)18-12-16-7-3-4-10-19(16)20-13-18/h1-4,6-8,10,18,20H,5,9,11-14H2. The van der Waals surface area contributed by atoms with Gasteiger partial charge in [-0.2, -0.15) is 0 Å². The molecule has 0 aromatic heterocycles. The molecule has 0 bridgehead atoms. The molecule has 0 radical (unpaired) electrons. The third kappa shape index (κ3) is 2.56. The van der Waals surface area contributed by atoms with Gasteiger partial charge >= 0.3 is 0 Å². The maximum atomic E-state index is 3.61. The third-order valence-electron chi connectivity index (χ3n) is 4.90. The summed E-state index contributed by atoms with van der Waals surface area (Å²) in [5.74, 6) is 0. The van der Waals surface area contributed by atoms with E-state index in [0.29, 0.717) is 6.04 Å². The molecular weight excluding hydrogens is 256 g/mol. The van der Waals surface area contributed by atoms with Gasteiger partial charge in [0, 0.05) is 24.8 Å². The molecule has 1 N–H and O–H groups in total. The number of hydrogen-bond acceptors (Lipinski definition) is 2. The van der Waals surface area contributed by atoms with Crippen LogP contribution in [0.3, 0.4) is 0 Å². The van der Waals surface area contributed by atoms with E-state index in [4.69, 9.17) is 0 Å². The van der Waals surface area contributed by atoms with Crippen LogP contribution in [-0.2, 0) is 19.4 Å². The topological polar surface area (TPSA) is 15.3 Å². The predicted molar refractivity (Wildman–Crippen MR) is 87.6 cm³/mol. The summed E-state index contributed by atoms with van der Waals surface area (Å²) >= 11 is 0. The first-order valence-corrected chi connectivity index (χ1v) is 8.03. The first-order valence-electron chi connectivity index (χ1n) is 8.03. The summed E-state index contributed by atoms with van der Waals surface area (Å²) in [4.78, 5) is 2.68. The van der Waals surface area contributed by atoms with Crippen LogP contribution in [0.2, 0.25) is 0 Å². The molecule has 2 aromatic carbocycles. The van der Waals surface area contributed by atoms with E-state index in [0.717, 1.165) is 13.1 Å². The van der Waals surface area contributed by atoms with Crippen molar-refractivity contribution in [2.75, 3.05) is 18.4 Å². The number of nitrogens with zero attached hydrogens (tertiary/aromatic N) is 1. The molecule has 0 fully saturated rings.